The molecule has 182 valence electrons. The number of aromatic nitrogens is 4. The van der Waals surface area contributed by atoms with Crippen molar-refractivity contribution in [3.63, 3.8) is 0 Å². The van der Waals surface area contributed by atoms with E-state index < -0.39 is 12.6 Å². The fourth-order valence-electron chi connectivity index (χ4n) is 3.07. The van der Waals surface area contributed by atoms with Crippen LogP contribution in [0.5, 0.6) is 5.75 Å². The lowest BCUT2D eigenvalue weighted by molar-refractivity contribution is -0.139. The Morgan fingerprint density at radius 1 is 1.08 bits per heavy atom. The minimum absolute atomic E-state index is 0.0412. The number of carboxylic acid groups (broad SMARTS) is 1. The molecule has 2 heterocycles. The molecule has 0 radical (unpaired) electrons. The monoisotopic (exact) mass is 566 g/mol. The van der Waals surface area contributed by atoms with Crippen molar-refractivity contribution < 1.29 is 19.4 Å². The largest absolute Gasteiger partial charge is 0.481 e. The number of benzene rings is 2. The molecule has 2 aromatic heterocycles. The maximum absolute atomic E-state index is 12.4. The number of rotatable bonds is 10. The first-order valence-electron chi connectivity index (χ1n) is 10.5. The maximum atomic E-state index is 12.4. The quantitative estimate of drug-likeness (QED) is 0.168. The number of carbonyl (C=O) groups excluding carboxylic acids is 1. The lowest BCUT2D eigenvalue weighted by Crippen LogP contribution is -2.20. The molecule has 4 rings (SSSR count). The normalized spacial score (nSPS) is 10.9. The number of para-hydroxylation sites is 1. The molecule has 2 N–H and O–H groups in total. The van der Waals surface area contributed by atoms with Crippen molar-refractivity contribution in [3.8, 4) is 22.8 Å². The second-order valence-electron chi connectivity index (χ2n) is 7.16. The molecule has 0 saturated carbocycles. The topological polar surface area (TPSA) is 132 Å². The third kappa shape index (κ3) is 6.55. The number of carboxylic acids is 1. The van der Waals surface area contributed by atoms with Gasteiger partial charge in [-0.15, -0.1) is 10.2 Å². The molecule has 0 spiro atoms. The fraction of sp³-hybridized carbons (Fsp3) is 0.0833. The van der Waals surface area contributed by atoms with Crippen LogP contribution < -0.4 is 10.2 Å². The lowest BCUT2D eigenvalue weighted by atomic mass is 10.2. The van der Waals surface area contributed by atoms with Crippen LogP contribution in [0.3, 0.4) is 0 Å². The molecule has 36 heavy (non-hydrogen) atoms. The molecule has 0 fully saturated rings. The molecule has 0 aliphatic carbocycles. The number of carbonyl (C=O) groups is 2. The van der Waals surface area contributed by atoms with Crippen LogP contribution in [0, 0.1) is 0 Å². The number of ether oxygens (including phenoxy) is 1. The fourth-order valence-corrected chi connectivity index (χ4v) is 4.08. The zero-order chi connectivity index (χ0) is 25.3. The molecule has 0 bridgehead atoms. The summed E-state index contributed by atoms with van der Waals surface area (Å²) in [6.07, 6.45) is 4.75. The van der Waals surface area contributed by atoms with E-state index in [0.717, 1.165) is 15.7 Å². The van der Waals surface area contributed by atoms with E-state index in [2.05, 4.69) is 41.6 Å². The third-order valence-corrected chi connectivity index (χ3v) is 6.11. The summed E-state index contributed by atoms with van der Waals surface area (Å²) in [4.78, 5) is 27.3. The average molecular weight is 567 g/mol. The first-order chi connectivity index (χ1) is 17.5. The number of thioether (sulfide) groups is 1. The van der Waals surface area contributed by atoms with Gasteiger partial charge in [0.1, 0.15) is 5.75 Å². The van der Waals surface area contributed by atoms with Gasteiger partial charge in [0.15, 0.2) is 17.6 Å². The zero-order valence-electron chi connectivity index (χ0n) is 18.6. The van der Waals surface area contributed by atoms with E-state index in [0.29, 0.717) is 22.3 Å². The van der Waals surface area contributed by atoms with Crippen molar-refractivity contribution in [2.45, 2.75) is 5.16 Å². The molecule has 2 aromatic carbocycles. The molecule has 0 unspecified atom stereocenters. The molecule has 0 saturated heterocycles. The Labute approximate surface area is 218 Å². The Morgan fingerprint density at radius 2 is 1.83 bits per heavy atom. The number of amides is 1. The van der Waals surface area contributed by atoms with Crippen molar-refractivity contribution in [1.82, 2.24) is 25.2 Å². The van der Waals surface area contributed by atoms with Crippen molar-refractivity contribution in [2.24, 2.45) is 5.10 Å². The first kappa shape index (κ1) is 25.1. The Bertz CT molecular complexity index is 1380. The summed E-state index contributed by atoms with van der Waals surface area (Å²) in [5, 5.41) is 21.9. The maximum Gasteiger partial charge on any atom is 0.341 e. The number of nitrogens with one attached hydrogen (secondary N) is 1. The summed E-state index contributed by atoms with van der Waals surface area (Å²) in [5.74, 6) is -0.428. The van der Waals surface area contributed by atoms with Gasteiger partial charge in [0.25, 0.3) is 5.91 Å². The number of pyridine rings is 1. The van der Waals surface area contributed by atoms with E-state index >= 15 is 0 Å². The van der Waals surface area contributed by atoms with Crippen molar-refractivity contribution in [2.75, 3.05) is 12.4 Å². The summed E-state index contributed by atoms with van der Waals surface area (Å²) in [6.45, 7) is -0.478. The predicted molar refractivity (Wildman–Crippen MR) is 138 cm³/mol. The van der Waals surface area contributed by atoms with Gasteiger partial charge in [0.05, 0.1) is 12.0 Å². The van der Waals surface area contributed by atoms with Crippen LogP contribution in [0.15, 0.2) is 87.8 Å². The van der Waals surface area contributed by atoms with Gasteiger partial charge in [-0.25, -0.2) is 10.2 Å². The van der Waals surface area contributed by atoms with Crippen molar-refractivity contribution in [1.29, 1.82) is 0 Å². The van der Waals surface area contributed by atoms with Gasteiger partial charge >= 0.3 is 5.97 Å². The summed E-state index contributed by atoms with van der Waals surface area (Å²) in [6, 6.07) is 18.2. The molecule has 1 amide bonds. The van der Waals surface area contributed by atoms with Gasteiger partial charge < -0.3 is 9.84 Å². The van der Waals surface area contributed by atoms with Gasteiger partial charge in [-0.3, -0.25) is 14.3 Å². The van der Waals surface area contributed by atoms with Crippen LogP contribution in [0.4, 0.5) is 0 Å². The highest BCUT2D eigenvalue weighted by Gasteiger charge is 2.17. The van der Waals surface area contributed by atoms with Gasteiger partial charge in [0, 0.05) is 33.7 Å². The van der Waals surface area contributed by atoms with Crippen molar-refractivity contribution in [3.05, 3.63) is 83.1 Å². The lowest BCUT2D eigenvalue weighted by Gasteiger charge is -2.10. The van der Waals surface area contributed by atoms with E-state index in [-0.39, 0.29) is 11.7 Å². The van der Waals surface area contributed by atoms with Crippen LogP contribution in [0.1, 0.15) is 5.56 Å². The molecule has 0 aliphatic heterocycles. The standard InChI is InChI=1S/C24H19BrN6O4S/c25-18-5-7-19(8-6-18)31-23(16-9-11-26-12-10-16)29-30-24(31)36-15-21(32)28-27-13-17-3-1-2-4-20(17)35-14-22(33)34/h1-13H,14-15H2,(H,28,32)(H,33,34)/b27-13+. The summed E-state index contributed by atoms with van der Waals surface area (Å²) >= 11 is 4.66. The number of nitrogens with zero attached hydrogens (tertiary/aromatic N) is 5. The Balaban J connectivity index is 1.45. The number of aliphatic carboxylic acids is 1. The van der Waals surface area contributed by atoms with E-state index in [1.165, 1.54) is 18.0 Å². The summed E-state index contributed by atoms with van der Waals surface area (Å²) in [7, 11) is 0. The molecule has 0 atom stereocenters. The average Bonchev–Trinajstić information content (AvgIpc) is 3.32. The second kappa shape index (κ2) is 12.1. The molecular formula is C24H19BrN6O4S. The van der Waals surface area contributed by atoms with Crippen LogP contribution in [0.25, 0.3) is 17.1 Å². The van der Waals surface area contributed by atoms with E-state index in [4.69, 9.17) is 9.84 Å². The van der Waals surface area contributed by atoms with E-state index in [1.54, 1.807) is 36.7 Å². The zero-order valence-corrected chi connectivity index (χ0v) is 21.0. The number of halogens is 1. The van der Waals surface area contributed by atoms with Gasteiger partial charge in [-0.1, -0.05) is 39.8 Å². The minimum atomic E-state index is -1.09. The SMILES string of the molecule is O=C(O)COc1ccccc1/C=N/NC(=O)CSc1nnc(-c2ccncc2)n1-c1ccc(Br)cc1. The van der Waals surface area contributed by atoms with Crippen LogP contribution >= 0.6 is 27.7 Å². The van der Waals surface area contributed by atoms with Crippen molar-refractivity contribution >= 4 is 45.8 Å². The Morgan fingerprint density at radius 3 is 2.58 bits per heavy atom. The Kier molecular flexibility index (Phi) is 8.42. The van der Waals surface area contributed by atoms with Crippen LogP contribution in [-0.4, -0.2) is 55.3 Å². The smallest absolute Gasteiger partial charge is 0.341 e. The summed E-state index contributed by atoms with van der Waals surface area (Å²) in [5.41, 5.74) is 4.68. The molecule has 12 heteroatoms. The van der Waals surface area contributed by atoms with E-state index in [1.807, 2.05) is 41.0 Å². The second-order valence-corrected chi connectivity index (χ2v) is 9.01. The molecular weight excluding hydrogens is 548 g/mol. The predicted octanol–water partition coefficient (Wildman–Crippen LogP) is 3.80. The number of hydrazone groups is 1. The van der Waals surface area contributed by atoms with Gasteiger partial charge in [-0.05, 0) is 48.5 Å². The highest BCUT2D eigenvalue weighted by Crippen LogP contribution is 2.28. The van der Waals surface area contributed by atoms with Gasteiger partial charge in [-0.2, -0.15) is 5.10 Å². The number of hydrogen-bond acceptors (Lipinski definition) is 8. The minimum Gasteiger partial charge on any atom is -0.481 e. The highest BCUT2D eigenvalue weighted by molar-refractivity contribution is 9.10. The third-order valence-electron chi connectivity index (χ3n) is 4.65. The first-order valence-corrected chi connectivity index (χ1v) is 12.3. The molecule has 0 aliphatic rings. The highest BCUT2D eigenvalue weighted by atomic mass is 79.9. The Hall–Kier alpha value is -4.03. The molecule has 10 nitrogen and oxygen atoms in total. The van der Waals surface area contributed by atoms with E-state index in [9.17, 15) is 9.59 Å². The van der Waals surface area contributed by atoms with Crippen LogP contribution in [0.2, 0.25) is 0 Å². The van der Waals surface area contributed by atoms with Gasteiger partial charge in [0.2, 0.25) is 0 Å². The number of hydrogen-bond donors (Lipinski definition) is 2. The summed E-state index contributed by atoms with van der Waals surface area (Å²) < 4.78 is 8.04. The molecule has 4 aromatic rings. The van der Waals surface area contributed by atoms with Crippen LogP contribution in [-0.2, 0) is 9.59 Å².